The monoisotopic (exact) mass is 337 g/mol. The maximum absolute atomic E-state index is 12.3. The number of amides is 1. The van der Waals surface area contributed by atoms with Crippen LogP contribution in [0.2, 0.25) is 0 Å². The number of ether oxygens (including phenoxy) is 1. The van der Waals surface area contributed by atoms with E-state index >= 15 is 0 Å². The Labute approximate surface area is 148 Å². The lowest BCUT2D eigenvalue weighted by Gasteiger charge is -2.26. The van der Waals surface area contributed by atoms with Crippen molar-refractivity contribution in [1.82, 2.24) is 5.32 Å². The minimum atomic E-state index is -0.0983. The summed E-state index contributed by atoms with van der Waals surface area (Å²) in [4.78, 5) is 24.6. The van der Waals surface area contributed by atoms with Crippen LogP contribution in [0.15, 0.2) is 42.5 Å². The van der Waals surface area contributed by atoms with Crippen molar-refractivity contribution in [2.75, 3.05) is 6.61 Å². The Morgan fingerprint density at radius 3 is 2.68 bits per heavy atom. The number of hydrogen-bond donors (Lipinski definition) is 1. The Kier molecular flexibility index (Phi) is 5.17. The van der Waals surface area contributed by atoms with Crippen molar-refractivity contribution in [3.63, 3.8) is 0 Å². The lowest BCUT2D eigenvalue weighted by molar-refractivity contribution is -0.122. The van der Waals surface area contributed by atoms with Crippen LogP contribution in [0.5, 0.6) is 5.75 Å². The maximum atomic E-state index is 12.3. The number of hydrogen-bond acceptors (Lipinski definition) is 3. The van der Waals surface area contributed by atoms with Crippen LogP contribution >= 0.6 is 0 Å². The number of ketones is 1. The number of aryl methyl sites for hydroxylation is 2. The first-order chi connectivity index (χ1) is 12.0. The van der Waals surface area contributed by atoms with E-state index in [0.717, 1.165) is 28.9 Å². The predicted octanol–water partition coefficient (Wildman–Crippen LogP) is 3.91. The Hall–Kier alpha value is -2.62. The Bertz CT molecular complexity index is 797. The van der Waals surface area contributed by atoms with Gasteiger partial charge < -0.3 is 10.1 Å². The van der Waals surface area contributed by atoms with Gasteiger partial charge in [-0.05, 0) is 37.1 Å². The second-order valence-electron chi connectivity index (χ2n) is 6.52. The highest BCUT2D eigenvalue weighted by atomic mass is 16.5. The van der Waals surface area contributed by atoms with Gasteiger partial charge in [0.25, 0.3) is 0 Å². The minimum Gasteiger partial charge on any atom is -0.493 e. The number of nitrogens with one attached hydrogen (secondary N) is 1. The fourth-order valence-corrected chi connectivity index (χ4v) is 3.04. The van der Waals surface area contributed by atoms with Gasteiger partial charge in [0.15, 0.2) is 5.78 Å². The molecule has 2 aromatic rings. The molecular weight excluding hydrogens is 314 g/mol. The molecule has 4 heteroatoms. The first-order valence-electron chi connectivity index (χ1n) is 8.66. The molecule has 4 nitrogen and oxygen atoms in total. The van der Waals surface area contributed by atoms with E-state index in [2.05, 4.69) is 5.32 Å². The van der Waals surface area contributed by atoms with Gasteiger partial charge in [0.05, 0.1) is 12.6 Å². The third-order valence-electron chi connectivity index (χ3n) is 4.70. The summed E-state index contributed by atoms with van der Waals surface area (Å²) < 4.78 is 5.61. The summed E-state index contributed by atoms with van der Waals surface area (Å²) in [5, 5.41) is 3.03. The van der Waals surface area contributed by atoms with Gasteiger partial charge in [0.1, 0.15) is 5.75 Å². The molecule has 1 amide bonds. The summed E-state index contributed by atoms with van der Waals surface area (Å²) in [5.41, 5.74) is 3.93. The van der Waals surface area contributed by atoms with Crippen LogP contribution in [0.3, 0.4) is 0 Å². The summed E-state index contributed by atoms with van der Waals surface area (Å²) in [7, 11) is 0. The molecule has 1 aliphatic rings. The molecule has 0 fully saturated rings. The van der Waals surface area contributed by atoms with Crippen LogP contribution in [-0.4, -0.2) is 18.3 Å². The van der Waals surface area contributed by atoms with Crippen LogP contribution < -0.4 is 10.1 Å². The normalized spacial score (nSPS) is 15.8. The van der Waals surface area contributed by atoms with Gasteiger partial charge in [-0.2, -0.15) is 0 Å². The van der Waals surface area contributed by atoms with E-state index in [4.69, 9.17) is 4.74 Å². The topological polar surface area (TPSA) is 55.4 Å². The molecule has 0 aliphatic carbocycles. The number of Topliss-reactive ketones (excluding diaryl/α,β-unsaturated/α-hetero) is 1. The van der Waals surface area contributed by atoms with Gasteiger partial charge in [0.2, 0.25) is 5.91 Å². The lowest BCUT2D eigenvalue weighted by Crippen LogP contribution is -2.32. The highest BCUT2D eigenvalue weighted by molar-refractivity contribution is 5.98. The molecule has 1 unspecified atom stereocenters. The number of carbonyl (C=O) groups excluding carboxylic acids is 2. The van der Waals surface area contributed by atoms with Crippen molar-refractivity contribution in [3.05, 3.63) is 64.7 Å². The van der Waals surface area contributed by atoms with Crippen molar-refractivity contribution in [2.45, 2.75) is 39.2 Å². The van der Waals surface area contributed by atoms with E-state index in [1.54, 1.807) is 0 Å². The Morgan fingerprint density at radius 2 is 1.88 bits per heavy atom. The first-order valence-corrected chi connectivity index (χ1v) is 8.66. The molecule has 1 heterocycles. The highest BCUT2D eigenvalue weighted by Gasteiger charge is 2.22. The number of benzene rings is 2. The zero-order valence-corrected chi connectivity index (χ0v) is 14.7. The quantitative estimate of drug-likeness (QED) is 0.842. The summed E-state index contributed by atoms with van der Waals surface area (Å²) >= 11 is 0. The molecule has 3 rings (SSSR count). The molecule has 2 aromatic carbocycles. The van der Waals surface area contributed by atoms with E-state index in [1.165, 1.54) is 0 Å². The van der Waals surface area contributed by atoms with Crippen LogP contribution in [-0.2, 0) is 4.79 Å². The van der Waals surface area contributed by atoms with Crippen molar-refractivity contribution in [2.24, 2.45) is 0 Å². The molecule has 0 spiro atoms. The predicted molar refractivity (Wildman–Crippen MR) is 96.9 cm³/mol. The number of para-hydroxylation sites is 1. The van der Waals surface area contributed by atoms with Gasteiger partial charge in [-0.1, -0.05) is 30.3 Å². The summed E-state index contributed by atoms with van der Waals surface area (Å²) in [6.45, 7) is 4.59. The summed E-state index contributed by atoms with van der Waals surface area (Å²) in [5.74, 6) is 0.731. The lowest BCUT2D eigenvalue weighted by atomic mass is 9.99. The van der Waals surface area contributed by atoms with E-state index in [9.17, 15) is 9.59 Å². The fourth-order valence-electron chi connectivity index (χ4n) is 3.04. The second-order valence-corrected chi connectivity index (χ2v) is 6.52. The van der Waals surface area contributed by atoms with Crippen LogP contribution in [0, 0.1) is 13.8 Å². The average Bonchev–Trinajstić information content (AvgIpc) is 2.62. The number of fused-ring (bicyclic) bond motifs is 1. The van der Waals surface area contributed by atoms with Crippen LogP contribution in [0.4, 0.5) is 0 Å². The minimum absolute atomic E-state index is 0.00521. The Balaban J connectivity index is 1.57. The standard InChI is InChI=1S/C21H23NO3/c1-14-7-8-16(13-15(14)2)19(23)9-10-21(24)22-18-11-12-25-20-6-4-3-5-17(18)20/h3-8,13,18H,9-12H2,1-2H3,(H,22,24). The third kappa shape index (κ3) is 4.08. The molecule has 1 N–H and O–H groups in total. The average molecular weight is 337 g/mol. The molecule has 0 aromatic heterocycles. The molecule has 1 aliphatic heterocycles. The van der Waals surface area contributed by atoms with Crippen molar-refractivity contribution in [1.29, 1.82) is 0 Å². The SMILES string of the molecule is Cc1ccc(C(=O)CCC(=O)NC2CCOc3ccccc32)cc1C. The maximum Gasteiger partial charge on any atom is 0.220 e. The van der Waals surface area contributed by atoms with Crippen molar-refractivity contribution in [3.8, 4) is 5.75 Å². The van der Waals surface area contributed by atoms with Gasteiger partial charge in [-0.25, -0.2) is 0 Å². The third-order valence-corrected chi connectivity index (χ3v) is 4.70. The molecule has 0 saturated heterocycles. The molecule has 0 radical (unpaired) electrons. The van der Waals surface area contributed by atoms with Crippen LogP contribution in [0.25, 0.3) is 0 Å². The van der Waals surface area contributed by atoms with Gasteiger partial charge >= 0.3 is 0 Å². The van der Waals surface area contributed by atoms with Crippen molar-refractivity contribution >= 4 is 11.7 Å². The summed E-state index contributed by atoms with van der Waals surface area (Å²) in [6, 6.07) is 13.4. The molecule has 25 heavy (non-hydrogen) atoms. The number of carbonyl (C=O) groups is 2. The number of rotatable bonds is 5. The van der Waals surface area contributed by atoms with E-state index < -0.39 is 0 Å². The van der Waals surface area contributed by atoms with E-state index in [1.807, 2.05) is 56.3 Å². The summed E-state index contributed by atoms with van der Waals surface area (Å²) in [6.07, 6.45) is 1.17. The smallest absolute Gasteiger partial charge is 0.220 e. The zero-order valence-electron chi connectivity index (χ0n) is 14.7. The second kappa shape index (κ2) is 7.51. The molecule has 130 valence electrons. The molecular formula is C21H23NO3. The fraction of sp³-hybridized carbons (Fsp3) is 0.333. The molecule has 0 saturated carbocycles. The molecule has 1 atom stereocenters. The Morgan fingerprint density at radius 1 is 1.08 bits per heavy atom. The largest absolute Gasteiger partial charge is 0.493 e. The van der Waals surface area contributed by atoms with E-state index in [0.29, 0.717) is 12.2 Å². The highest BCUT2D eigenvalue weighted by Crippen LogP contribution is 2.31. The van der Waals surface area contributed by atoms with Gasteiger partial charge in [-0.3, -0.25) is 9.59 Å². The zero-order chi connectivity index (χ0) is 17.8. The van der Waals surface area contributed by atoms with E-state index in [-0.39, 0.29) is 30.6 Å². The first kappa shape index (κ1) is 17.2. The van der Waals surface area contributed by atoms with Crippen molar-refractivity contribution < 1.29 is 14.3 Å². The van der Waals surface area contributed by atoms with Crippen LogP contribution in [0.1, 0.15) is 52.4 Å². The van der Waals surface area contributed by atoms with Gasteiger partial charge in [-0.15, -0.1) is 0 Å². The van der Waals surface area contributed by atoms with Gasteiger partial charge in [0, 0.05) is 30.4 Å². The molecule has 0 bridgehead atoms.